The highest BCUT2D eigenvalue weighted by molar-refractivity contribution is 5.50. The van der Waals surface area contributed by atoms with Crippen LogP contribution in [-0.2, 0) is 13.5 Å². The molecule has 0 aliphatic carbocycles. The molecule has 2 rings (SSSR count). The van der Waals surface area contributed by atoms with Gasteiger partial charge in [0.05, 0.1) is 11.7 Å². The summed E-state index contributed by atoms with van der Waals surface area (Å²) in [6.07, 6.45) is 3.01. The number of hydrogen-bond acceptors (Lipinski definition) is 3. The molecular weight excluding hydrogens is 248 g/mol. The first kappa shape index (κ1) is 14.6. The normalized spacial score (nSPS) is 12.4. The molecule has 1 aromatic carbocycles. The van der Waals surface area contributed by atoms with Crippen LogP contribution in [0.25, 0.3) is 0 Å². The second-order valence-corrected chi connectivity index (χ2v) is 5.26. The molecule has 2 N–H and O–H groups in total. The molecule has 0 aliphatic heterocycles. The first-order chi connectivity index (χ1) is 9.56. The van der Waals surface area contributed by atoms with E-state index < -0.39 is 0 Å². The molecule has 0 aliphatic rings. The number of aryl methyl sites for hydroxylation is 3. The van der Waals surface area contributed by atoms with Gasteiger partial charge in [-0.3, -0.25) is 4.68 Å². The summed E-state index contributed by atoms with van der Waals surface area (Å²) in [6.45, 7) is 4.81. The lowest BCUT2D eigenvalue weighted by Gasteiger charge is -2.29. The zero-order valence-electron chi connectivity index (χ0n) is 12.8. The topological polar surface area (TPSA) is 47.1 Å². The van der Waals surface area contributed by atoms with Gasteiger partial charge in [0.25, 0.3) is 0 Å². The maximum absolute atomic E-state index is 6.04. The van der Waals surface area contributed by atoms with Crippen LogP contribution in [0.3, 0.4) is 0 Å². The number of nitrogens with zero attached hydrogens (tertiary/aromatic N) is 3. The molecule has 0 saturated heterocycles. The summed E-state index contributed by atoms with van der Waals surface area (Å²) in [4.78, 5) is 2.24. The van der Waals surface area contributed by atoms with Crippen molar-refractivity contribution in [2.24, 2.45) is 12.8 Å². The van der Waals surface area contributed by atoms with Crippen LogP contribution in [0.4, 0.5) is 5.69 Å². The Morgan fingerprint density at radius 1 is 1.40 bits per heavy atom. The van der Waals surface area contributed by atoms with E-state index in [2.05, 4.69) is 61.4 Å². The summed E-state index contributed by atoms with van der Waals surface area (Å²) in [6, 6.07) is 8.65. The van der Waals surface area contributed by atoms with Gasteiger partial charge in [-0.05, 0) is 31.0 Å². The summed E-state index contributed by atoms with van der Waals surface area (Å²) in [5.41, 5.74) is 10.8. The lowest BCUT2D eigenvalue weighted by Crippen LogP contribution is -2.30. The molecule has 1 heterocycles. The van der Waals surface area contributed by atoms with Crippen molar-refractivity contribution in [2.45, 2.75) is 26.3 Å². The Morgan fingerprint density at radius 2 is 2.15 bits per heavy atom. The fraction of sp³-hybridized carbons (Fsp3) is 0.438. The zero-order chi connectivity index (χ0) is 14.7. The van der Waals surface area contributed by atoms with E-state index >= 15 is 0 Å². The SMILES string of the molecule is CCc1nn(C)cc1C(CN)N(C)c1cccc(C)c1. The van der Waals surface area contributed by atoms with Crippen LogP contribution in [0.15, 0.2) is 30.5 Å². The first-order valence-electron chi connectivity index (χ1n) is 7.08. The van der Waals surface area contributed by atoms with Crippen molar-refractivity contribution in [1.82, 2.24) is 9.78 Å². The van der Waals surface area contributed by atoms with Crippen LogP contribution in [0.5, 0.6) is 0 Å². The predicted molar refractivity (Wildman–Crippen MR) is 84.0 cm³/mol. The lowest BCUT2D eigenvalue weighted by atomic mass is 10.0. The molecular formula is C16H24N4. The van der Waals surface area contributed by atoms with Crippen molar-refractivity contribution < 1.29 is 0 Å². The number of rotatable bonds is 5. The molecule has 0 radical (unpaired) electrons. The van der Waals surface area contributed by atoms with Crippen molar-refractivity contribution >= 4 is 5.69 Å². The van der Waals surface area contributed by atoms with Gasteiger partial charge < -0.3 is 10.6 Å². The molecule has 0 spiro atoms. The summed E-state index contributed by atoms with van der Waals surface area (Å²) in [5, 5.41) is 4.53. The number of likely N-dealkylation sites (N-methyl/N-ethyl adjacent to an activating group) is 1. The van der Waals surface area contributed by atoms with Gasteiger partial charge >= 0.3 is 0 Å². The fourth-order valence-electron chi connectivity index (χ4n) is 2.63. The molecule has 4 nitrogen and oxygen atoms in total. The zero-order valence-corrected chi connectivity index (χ0v) is 12.8. The summed E-state index contributed by atoms with van der Waals surface area (Å²) >= 11 is 0. The molecule has 108 valence electrons. The van der Waals surface area contributed by atoms with Gasteiger partial charge in [0.2, 0.25) is 0 Å². The second kappa shape index (κ2) is 6.09. The second-order valence-electron chi connectivity index (χ2n) is 5.26. The van der Waals surface area contributed by atoms with Gasteiger partial charge in [0.1, 0.15) is 0 Å². The first-order valence-corrected chi connectivity index (χ1v) is 7.08. The fourth-order valence-corrected chi connectivity index (χ4v) is 2.63. The number of anilines is 1. The number of benzene rings is 1. The molecule has 1 unspecified atom stereocenters. The van der Waals surface area contributed by atoms with E-state index in [0.717, 1.165) is 12.1 Å². The third-order valence-corrected chi connectivity index (χ3v) is 3.73. The van der Waals surface area contributed by atoms with Crippen LogP contribution in [0.2, 0.25) is 0 Å². The molecule has 0 saturated carbocycles. The van der Waals surface area contributed by atoms with E-state index in [-0.39, 0.29) is 6.04 Å². The average Bonchev–Trinajstić information content (AvgIpc) is 2.80. The minimum Gasteiger partial charge on any atom is -0.366 e. The Kier molecular flexibility index (Phi) is 4.45. The predicted octanol–water partition coefficient (Wildman–Crippen LogP) is 2.43. The van der Waals surface area contributed by atoms with Gasteiger partial charge in [-0.15, -0.1) is 0 Å². The van der Waals surface area contributed by atoms with E-state index in [4.69, 9.17) is 5.73 Å². The van der Waals surface area contributed by atoms with Crippen LogP contribution in [-0.4, -0.2) is 23.4 Å². The standard InChI is InChI=1S/C16H24N4/c1-5-15-14(11-19(3)18-15)16(10-17)20(4)13-8-6-7-12(2)9-13/h6-9,11,16H,5,10,17H2,1-4H3. The molecule has 1 aromatic heterocycles. The molecule has 1 atom stereocenters. The van der Waals surface area contributed by atoms with Gasteiger partial charge in [0.15, 0.2) is 0 Å². The van der Waals surface area contributed by atoms with Gasteiger partial charge in [-0.25, -0.2) is 0 Å². The van der Waals surface area contributed by atoms with E-state index in [1.165, 1.54) is 16.8 Å². The maximum atomic E-state index is 6.04. The Morgan fingerprint density at radius 3 is 2.75 bits per heavy atom. The molecule has 4 heteroatoms. The van der Waals surface area contributed by atoms with E-state index in [0.29, 0.717) is 6.54 Å². The third-order valence-electron chi connectivity index (χ3n) is 3.73. The Hall–Kier alpha value is -1.81. The van der Waals surface area contributed by atoms with E-state index in [1.54, 1.807) is 0 Å². The van der Waals surface area contributed by atoms with Crippen molar-refractivity contribution in [2.75, 3.05) is 18.5 Å². The van der Waals surface area contributed by atoms with Crippen molar-refractivity contribution in [3.05, 3.63) is 47.3 Å². The third kappa shape index (κ3) is 2.85. The van der Waals surface area contributed by atoms with Crippen molar-refractivity contribution in [3.63, 3.8) is 0 Å². The minimum absolute atomic E-state index is 0.153. The molecule has 20 heavy (non-hydrogen) atoms. The molecule has 0 fully saturated rings. The van der Waals surface area contributed by atoms with Gasteiger partial charge in [-0.2, -0.15) is 5.10 Å². The van der Waals surface area contributed by atoms with Crippen molar-refractivity contribution in [1.29, 1.82) is 0 Å². The Balaban J connectivity index is 2.36. The quantitative estimate of drug-likeness (QED) is 0.909. The smallest absolute Gasteiger partial charge is 0.0695 e. The van der Waals surface area contributed by atoms with Gasteiger partial charge in [0, 0.05) is 38.1 Å². The number of aromatic nitrogens is 2. The van der Waals surface area contributed by atoms with Gasteiger partial charge in [-0.1, -0.05) is 19.1 Å². The maximum Gasteiger partial charge on any atom is 0.0695 e. The Labute approximate surface area is 121 Å². The number of nitrogens with two attached hydrogens (primary N) is 1. The average molecular weight is 272 g/mol. The lowest BCUT2D eigenvalue weighted by molar-refractivity contribution is 0.673. The van der Waals surface area contributed by atoms with Crippen LogP contribution >= 0.6 is 0 Å². The highest BCUT2D eigenvalue weighted by Gasteiger charge is 2.21. The van der Waals surface area contributed by atoms with E-state index in [1.807, 2.05) is 11.7 Å². The minimum atomic E-state index is 0.153. The Bertz CT molecular complexity index is 574. The monoisotopic (exact) mass is 272 g/mol. The summed E-state index contributed by atoms with van der Waals surface area (Å²) in [5.74, 6) is 0. The van der Waals surface area contributed by atoms with Crippen LogP contribution in [0, 0.1) is 6.92 Å². The summed E-state index contributed by atoms with van der Waals surface area (Å²) < 4.78 is 1.88. The number of hydrogen-bond donors (Lipinski definition) is 1. The molecule has 2 aromatic rings. The highest BCUT2D eigenvalue weighted by Crippen LogP contribution is 2.27. The van der Waals surface area contributed by atoms with E-state index in [9.17, 15) is 0 Å². The summed E-state index contributed by atoms with van der Waals surface area (Å²) in [7, 11) is 4.06. The van der Waals surface area contributed by atoms with Crippen molar-refractivity contribution in [3.8, 4) is 0 Å². The molecule has 0 amide bonds. The largest absolute Gasteiger partial charge is 0.366 e. The highest BCUT2D eigenvalue weighted by atomic mass is 15.3. The van der Waals surface area contributed by atoms with Crippen LogP contribution in [0.1, 0.15) is 29.8 Å². The van der Waals surface area contributed by atoms with Crippen LogP contribution < -0.4 is 10.6 Å². The molecule has 0 bridgehead atoms.